The van der Waals surface area contributed by atoms with Crippen LogP contribution in [0.5, 0.6) is 0 Å². The molecule has 5 heteroatoms. The molecule has 0 aliphatic carbocycles. The van der Waals surface area contributed by atoms with E-state index in [1.165, 1.54) is 19.3 Å². The molecular weight excluding hydrogens is 286 g/mol. The van der Waals surface area contributed by atoms with Gasteiger partial charge in [-0.05, 0) is 37.1 Å². The topological polar surface area (TPSA) is 53.9 Å². The Hall–Kier alpha value is -2.53. The van der Waals surface area contributed by atoms with Crippen molar-refractivity contribution in [3.63, 3.8) is 0 Å². The predicted molar refractivity (Wildman–Crippen MR) is 91.8 cm³/mol. The molecule has 0 amide bonds. The number of anilines is 1. The van der Waals surface area contributed by atoms with Gasteiger partial charge in [0.2, 0.25) is 0 Å². The summed E-state index contributed by atoms with van der Waals surface area (Å²) in [7, 11) is 0. The van der Waals surface area contributed by atoms with Crippen molar-refractivity contribution in [1.29, 1.82) is 0 Å². The van der Waals surface area contributed by atoms with Gasteiger partial charge < -0.3 is 5.43 Å². The van der Waals surface area contributed by atoms with Crippen molar-refractivity contribution in [3.05, 3.63) is 48.8 Å². The van der Waals surface area contributed by atoms with Crippen LogP contribution >= 0.6 is 0 Å². The molecule has 116 valence electrons. The zero-order valence-electron chi connectivity index (χ0n) is 12.9. The summed E-state index contributed by atoms with van der Waals surface area (Å²) in [4.78, 5) is 13.6. The Balaban J connectivity index is 1.77. The molecule has 4 rings (SSSR count). The maximum Gasteiger partial charge on any atom is 0.163 e. The van der Waals surface area contributed by atoms with E-state index in [0.717, 1.165) is 35.4 Å². The lowest BCUT2D eigenvalue weighted by atomic mass is 10.2. The maximum absolute atomic E-state index is 4.76. The standard InChI is InChI=1S/C18H19N5/c1-4-11-23(12-5-1)22-18-15-8-2-3-9-16(15)20-17(21-18)14-7-6-10-19-13-14/h2-3,6-10,13H,1,4-5,11-12H2,(H,20,21,22). The molecule has 0 radical (unpaired) electrons. The number of benzene rings is 1. The average molecular weight is 305 g/mol. The number of piperidine rings is 1. The highest BCUT2D eigenvalue weighted by Gasteiger charge is 2.14. The van der Waals surface area contributed by atoms with Crippen molar-refractivity contribution in [1.82, 2.24) is 20.0 Å². The molecule has 1 aliphatic rings. The van der Waals surface area contributed by atoms with Crippen molar-refractivity contribution >= 4 is 16.7 Å². The maximum atomic E-state index is 4.76. The number of pyridine rings is 1. The van der Waals surface area contributed by atoms with Crippen molar-refractivity contribution in [2.75, 3.05) is 18.5 Å². The second-order valence-corrected chi connectivity index (χ2v) is 5.81. The molecule has 1 aliphatic heterocycles. The number of nitrogens with zero attached hydrogens (tertiary/aromatic N) is 4. The van der Waals surface area contributed by atoms with Gasteiger partial charge >= 0.3 is 0 Å². The molecule has 3 heterocycles. The van der Waals surface area contributed by atoms with Crippen LogP contribution in [0.1, 0.15) is 19.3 Å². The summed E-state index contributed by atoms with van der Waals surface area (Å²) in [5.41, 5.74) is 5.37. The van der Waals surface area contributed by atoms with E-state index >= 15 is 0 Å². The summed E-state index contributed by atoms with van der Waals surface area (Å²) in [6, 6.07) is 12.0. The Morgan fingerprint density at radius 1 is 0.913 bits per heavy atom. The molecule has 0 bridgehead atoms. The second-order valence-electron chi connectivity index (χ2n) is 5.81. The summed E-state index contributed by atoms with van der Waals surface area (Å²) in [6.45, 7) is 2.11. The predicted octanol–water partition coefficient (Wildman–Crippen LogP) is 3.50. The largest absolute Gasteiger partial charge is 0.302 e. The van der Waals surface area contributed by atoms with Crippen molar-refractivity contribution in [2.45, 2.75) is 19.3 Å². The minimum Gasteiger partial charge on any atom is -0.302 e. The number of hydrogen-bond acceptors (Lipinski definition) is 5. The monoisotopic (exact) mass is 305 g/mol. The van der Waals surface area contributed by atoms with Crippen LogP contribution in [0.4, 0.5) is 5.82 Å². The molecule has 1 saturated heterocycles. The number of fused-ring (bicyclic) bond motifs is 1. The minimum atomic E-state index is 0.705. The van der Waals surface area contributed by atoms with Gasteiger partial charge in [0.05, 0.1) is 5.52 Å². The number of aromatic nitrogens is 3. The Morgan fingerprint density at radius 2 is 1.78 bits per heavy atom. The van der Waals surface area contributed by atoms with Crippen molar-refractivity contribution < 1.29 is 0 Å². The van der Waals surface area contributed by atoms with Crippen LogP contribution in [0, 0.1) is 0 Å². The summed E-state index contributed by atoms with van der Waals surface area (Å²) >= 11 is 0. The fraction of sp³-hybridized carbons (Fsp3) is 0.278. The smallest absolute Gasteiger partial charge is 0.163 e. The second kappa shape index (κ2) is 6.30. The molecule has 1 N–H and O–H groups in total. The average Bonchev–Trinajstić information content (AvgIpc) is 2.63. The third kappa shape index (κ3) is 3.00. The number of hydrazine groups is 1. The lowest BCUT2D eigenvalue weighted by Gasteiger charge is -2.27. The Morgan fingerprint density at radius 3 is 2.61 bits per heavy atom. The molecule has 2 aromatic heterocycles. The zero-order valence-corrected chi connectivity index (χ0v) is 12.9. The molecular formula is C18H19N5. The molecule has 1 fully saturated rings. The number of rotatable bonds is 3. The summed E-state index contributed by atoms with van der Waals surface area (Å²) in [5, 5.41) is 3.30. The number of hydrogen-bond donors (Lipinski definition) is 1. The van der Waals surface area contributed by atoms with Gasteiger partial charge in [0.1, 0.15) is 0 Å². The Kier molecular flexibility index (Phi) is 3.86. The quantitative estimate of drug-likeness (QED) is 0.802. The molecule has 0 spiro atoms. The molecule has 0 unspecified atom stereocenters. The number of para-hydroxylation sites is 1. The first kappa shape index (κ1) is 14.1. The lowest BCUT2D eigenvalue weighted by molar-refractivity contribution is 0.272. The fourth-order valence-electron chi connectivity index (χ4n) is 2.94. The van der Waals surface area contributed by atoms with Gasteiger partial charge in [0, 0.05) is 36.4 Å². The van der Waals surface area contributed by atoms with Crippen molar-refractivity contribution in [2.24, 2.45) is 0 Å². The van der Waals surface area contributed by atoms with Crippen LogP contribution in [-0.4, -0.2) is 33.1 Å². The molecule has 23 heavy (non-hydrogen) atoms. The SMILES string of the molecule is c1cncc(-c2nc(NN3CCCCC3)c3ccccc3n2)c1. The lowest BCUT2D eigenvalue weighted by Crippen LogP contribution is -2.35. The van der Waals surface area contributed by atoms with Crippen LogP contribution in [0.3, 0.4) is 0 Å². The summed E-state index contributed by atoms with van der Waals surface area (Å²) < 4.78 is 0. The first-order valence-corrected chi connectivity index (χ1v) is 8.09. The summed E-state index contributed by atoms with van der Waals surface area (Å²) in [6.07, 6.45) is 7.33. The van der Waals surface area contributed by atoms with Crippen LogP contribution in [0.25, 0.3) is 22.3 Å². The van der Waals surface area contributed by atoms with E-state index < -0.39 is 0 Å². The van der Waals surface area contributed by atoms with Crippen LogP contribution in [0.15, 0.2) is 48.8 Å². The highest BCUT2D eigenvalue weighted by molar-refractivity contribution is 5.90. The van der Waals surface area contributed by atoms with Crippen LogP contribution in [0.2, 0.25) is 0 Å². The van der Waals surface area contributed by atoms with Crippen molar-refractivity contribution in [3.8, 4) is 11.4 Å². The molecule has 0 saturated carbocycles. The first-order valence-electron chi connectivity index (χ1n) is 8.09. The molecule has 3 aromatic rings. The van der Waals surface area contributed by atoms with E-state index in [4.69, 9.17) is 4.98 Å². The highest BCUT2D eigenvalue weighted by atomic mass is 15.5. The molecule has 1 aromatic carbocycles. The van der Waals surface area contributed by atoms with E-state index in [-0.39, 0.29) is 0 Å². The van der Waals surface area contributed by atoms with Gasteiger partial charge in [0.15, 0.2) is 11.6 Å². The van der Waals surface area contributed by atoms with Crippen LogP contribution in [-0.2, 0) is 0 Å². The minimum absolute atomic E-state index is 0.705. The summed E-state index contributed by atoms with van der Waals surface area (Å²) in [5.74, 6) is 1.58. The van der Waals surface area contributed by atoms with Gasteiger partial charge in [0.25, 0.3) is 0 Å². The highest BCUT2D eigenvalue weighted by Crippen LogP contribution is 2.25. The van der Waals surface area contributed by atoms with Crippen LogP contribution < -0.4 is 5.43 Å². The van der Waals surface area contributed by atoms with E-state index in [9.17, 15) is 0 Å². The van der Waals surface area contributed by atoms with E-state index in [0.29, 0.717) is 5.82 Å². The third-order valence-electron chi connectivity index (χ3n) is 4.14. The Labute approximate surface area is 135 Å². The van der Waals surface area contributed by atoms with E-state index in [2.05, 4.69) is 26.5 Å². The van der Waals surface area contributed by atoms with Gasteiger partial charge in [-0.25, -0.2) is 15.0 Å². The third-order valence-corrected chi connectivity index (χ3v) is 4.14. The number of nitrogens with one attached hydrogen (secondary N) is 1. The van der Waals surface area contributed by atoms with Gasteiger partial charge in [-0.1, -0.05) is 18.6 Å². The fourth-order valence-corrected chi connectivity index (χ4v) is 2.94. The zero-order chi connectivity index (χ0) is 15.5. The van der Waals surface area contributed by atoms with E-state index in [1.54, 1.807) is 12.4 Å². The molecule has 5 nitrogen and oxygen atoms in total. The van der Waals surface area contributed by atoms with Gasteiger partial charge in [-0.2, -0.15) is 0 Å². The van der Waals surface area contributed by atoms with Gasteiger partial charge in [-0.3, -0.25) is 4.98 Å². The first-order chi connectivity index (χ1) is 11.4. The van der Waals surface area contributed by atoms with Gasteiger partial charge in [-0.15, -0.1) is 0 Å². The normalized spacial score (nSPS) is 15.7. The molecule has 0 atom stereocenters. The Bertz CT molecular complexity index is 797. The van der Waals surface area contributed by atoms with E-state index in [1.807, 2.05) is 30.3 Å².